The maximum Gasteiger partial charge on any atom is 0.266 e. The number of carbonyl (C=O) groups is 1. The molecule has 2 aliphatic heterocycles. The molecule has 0 aliphatic carbocycles. The molecule has 1 unspecified atom stereocenters. The van der Waals surface area contributed by atoms with Crippen LogP contribution in [0.25, 0.3) is 6.08 Å². The maximum absolute atomic E-state index is 12.6. The van der Waals surface area contributed by atoms with Crippen molar-refractivity contribution in [2.45, 2.75) is 45.6 Å². The van der Waals surface area contributed by atoms with Crippen LogP contribution in [0.2, 0.25) is 5.02 Å². The minimum Gasteiger partial charge on any atom is -0.366 e. The van der Waals surface area contributed by atoms with Crippen molar-refractivity contribution in [2.24, 2.45) is 0 Å². The van der Waals surface area contributed by atoms with Gasteiger partial charge in [-0.1, -0.05) is 48.6 Å². The van der Waals surface area contributed by atoms with Crippen LogP contribution in [0.3, 0.4) is 0 Å². The van der Waals surface area contributed by atoms with Crippen molar-refractivity contribution < 1.29 is 4.79 Å². The molecule has 6 heteroatoms. The number of amides is 1. The molecule has 0 N–H and O–H groups in total. The van der Waals surface area contributed by atoms with Crippen LogP contribution in [0, 0.1) is 0 Å². The van der Waals surface area contributed by atoms with E-state index in [9.17, 15) is 4.79 Å². The van der Waals surface area contributed by atoms with Gasteiger partial charge in [-0.25, -0.2) is 0 Å². The molecule has 1 aromatic rings. The van der Waals surface area contributed by atoms with Crippen molar-refractivity contribution in [1.82, 2.24) is 4.90 Å². The largest absolute Gasteiger partial charge is 0.366 e. The number of fused-ring (bicyclic) bond motifs is 1. The number of rotatable bonds is 4. The second kappa shape index (κ2) is 7.61. The zero-order chi connectivity index (χ0) is 19.9. The van der Waals surface area contributed by atoms with Gasteiger partial charge in [0.25, 0.3) is 5.91 Å². The summed E-state index contributed by atoms with van der Waals surface area (Å²) < 4.78 is 0.563. The van der Waals surface area contributed by atoms with E-state index in [0.29, 0.717) is 26.7 Å². The van der Waals surface area contributed by atoms with Crippen LogP contribution in [-0.2, 0) is 4.79 Å². The van der Waals surface area contributed by atoms with Gasteiger partial charge in [0.15, 0.2) is 0 Å². The second-order valence-electron chi connectivity index (χ2n) is 7.68. The van der Waals surface area contributed by atoms with Gasteiger partial charge in [0.05, 0.1) is 4.91 Å². The highest BCUT2D eigenvalue weighted by Crippen LogP contribution is 2.45. The highest BCUT2D eigenvalue weighted by atomic mass is 35.5. The molecule has 0 spiro atoms. The zero-order valence-electron chi connectivity index (χ0n) is 16.2. The minimum atomic E-state index is -0.0805. The van der Waals surface area contributed by atoms with Gasteiger partial charge in [0.2, 0.25) is 0 Å². The molecule has 0 bridgehead atoms. The molecular formula is C21H25ClN2OS2. The van der Waals surface area contributed by atoms with Gasteiger partial charge >= 0.3 is 0 Å². The number of anilines is 1. The molecule has 1 saturated heterocycles. The Kier molecular flexibility index (Phi) is 5.76. The van der Waals surface area contributed by atoms with Crippen molar-refractivity contribution in [3.63, 3.8) is 0 Å². The molecule has 1 fully saturated rings. The zero-order valence-corrected chi connectivity index (χ0v) is 18.6. The van der Waals surface area contributed by atoms with Gasteiger partial charge in [-0.05, 0) is 62.4 Å². The first-order valence-electron chi connectivity index (χ1n) is 9.17. The Labute approximate surface area is 176 Å². The lowest BCUT2D eigenvalue weighted by molar-refractivity contribution is -0.121. The van der Waals surface area contributed by atoms with E-state index in [1.807, 2.05) is 12.1 Å². The summed E-state index contributed by atoms with van der Waals surface area (Å²) in [5, 5.41) is 0.658. The molecule has 2 aliphatic rings. The van der Waals surface area contributed by atoms with Gasteiger partial charge in [-0.3, -0.25) is 9.69 Å². The second-order valence-corrected chi connectivity index (χ2v) is 9.76. The number of thioether (sulfide) groups is 1. The normalized spacial score (nSPS) is 23.1. The lowest BCUT2D eigenvalue weighted by atomic mass is 9.79. The summed E-state index contributed by atoms with van der Waals surface area (Å²) in [6.45, 7) is 14.0. The van der Waals surface area contributed by atoms with Crippen molar-refractivity contribution in [1.29, 1.82) is 0 Å². The third kappa shape index (κ3) is 3.69. The average Bonchev–Trinajstić information content (AvgIpc) is 2.84. The number of halogens is 1. The summed E-state index contributed by atoms with van der Waals surface area (Å²) in [7, 11) is 0. The summed E-state index contributed by atoms with van der Waals surface area (Å²) in [6.07, 6.45) is 4.63. The molecule has 1 atom stereocenters. The summed E-state index contributed by atoms with van der Waals surface area (Å²) in [4.78, 5) is 17.2. The van der Waals surface area contributed by atoms with Crippen molar-refractivity contribution in [3.05, 3.63) is 45.8 Å². The minimum absolute atomic E-state index is 0.0805. The van der Waals surface area contributed by atoms with Gasteiger partial charge in [-0.15, -0.1) is 6.58 Å². The fraction of sp³-hybridized carbons (Fsp3) is 0.429. The Morgan fingerprint density at radius 3 is 2.78 bits per heavy atom. The van der Waals surface area contributed by atoms with E-state index in [1.54, 1.807) is 11.0 Å². The topological polar surface area (TPSA) is 23.6 Å². The lowest BCUT2D eigenvalue weighted by Crippen LogP contribution is -2.48. The summed E-state index contributed by atoms with van der Waals surface area (Å²) in [5.74, 6) is 0.348. The van der Waals surface area contributed by atoms with E-state index < -0.39 is 0 Å². The van der Waals surface area contributed by atoms with Crippen LogP contribution in [0.15, 0.2) is 29.7 Å². The summed E-state index contributed by atoms with van der Waals surface area (Å²) in [5.41, 5.74) is 3.45. The van der Waals surface area contributed by atoms with Crippen LogP contribution in [0.1, 0.15) is 51.2 Å². The molecular weight excluding hydrogens is 396 g/mol. The van der Waals surface area contributed by atoms with Gasteiger partial charge < -0.3 is 4.90 Å². The highest BCUT2D eigenvalue weighted by molar-refractivity contribution is 8.26. The lowest BCUT2D eigenvalue weighted by Gasteiger charge is -2.47. The summed E-state index contributed by atoms with van der Waals surface area (Å²) >= 11 is 13.3. The van der Waals surface area contributed by atoms with Crippen LogP contribution >= 0.6 is 35.6 Å². The van der Waals surface area contributed by atoms with Crippen molar-refractivity contribution in [2.75, 3.05) is 18.0 Å². The van der Waals surface area contributed by atoms with Crippen LogP contribution in [0.5, 0.6) is 0 Å². The molecule has 2 heterocycles. The predicted molar refractivity (Wildman–Crippen MR) is 122 cm³/mol. The third-order valence-electron chi connectivity index (χ3n) is 5.29. The van der Waals surface area contributed by atoms with Gasteiger partial charge in [-0.2, -0.15) is 0 Å². The van der Waals surface area contributed by atoms with Crippen LogP contribution in [-0.4, -0.2) is 33.8 Å². The monoisotopic (exact) mass is 420 g/mol. The van der Waals surface area contributed by atoms with E-state index in [4.69, 9.17) is 23.8 Å². The van der Waals surface area contributed by atoms with E-state index in [1.165, 1.54) is 23.0 Å². The van der Waals surface area contributed by atoms with E-state index in [0.717, 1.165) is 18.5 Å². The highest BCUT2D eigenvalue weighted by Gasteiger charge is 2.36. The number of hydrogen-bond donors (Lipinski definition) is 0. The van der Waals surface area contributed by atoms with E-state index in [2.05, 4.69) is 45.2 Å². The van der Waals surface area contributed by atoms with Crippen LogP contribution in [0.4, 0.5) is 5.69 Å². The SMILES string of the molecule is C=CCN1C(=O)/C(=C\c2cc3c(cc2Cl)N(CC)C(C)(C)CC3C)SC1=S. The molecule has 1 aromatic carbocycles. The Morgan fingerprint density at radius 1 is 1.44 bits per heavy atom. The standard InChI is InChI=1S/C21H25ClN2OS2/c1-6-8-23-19(25)18(27-20(23)26)10-14-9-15-13(3)12-21(4,5)24(7-2)17(15)11-16(14)22/h6,9-11,13H,1,7-8,12H2,2-5H3/b18-10+. The van der Waals surface area contributed by atoms with E-state index in [-0.39, 0.29) is 11.4 Å². The number of nitrogens with zero attached hydrogens (tertiary/aromatic N) is 2. The first-order chi connectivity index (χ1) is 12.7. The fourth-order valence-corrected chi connectivity index (χ4v) is 5.64. The smallest absolute Gasteiger partial charge is 0.266 e. The predicted octanol–water partition coefficient (Wildman–Crippen LogP) is 5.84. The molecule has 0 radical (unpaired) electrons. The van der Waals surface area contributed by atoms with E-state index >= 15 is 0 Å². The van der Waals surface area contributed by atoms with Gasteiger partial charge in [0.1, 0.15) is 4.32 Å². The fourth-order valence-electron chi connectivity index (χ4n) is 4.16. The molecule has 27 heavy (non-hydrogen) atoms. The Bertz CT molecular complexity index is 847. The first kappa shape index (κ1) is 20.4. The molecule has 144 valence electrons. The third-order valence-corrected chi connectivity index (χ3v) is 7.00. The summed E-state index contributed by atoms with van der Waals surface area (Å²) in [6, 6.07) is 4.19. The van der Waals surface area contributed by atoms with Gasteiger partial charge in [0, 0.05) is 29.3 Å². The number of benzene rings is 1. The number of carbonyl (C=O) groups excluding carboxylic acids is 1. The first-order valence-corrected chi connectivity index (χ1v) is 10.8. The average molecular weight is 421 g/mol. The Hall–Kier alpha value is -1.30. The quantitative estimate of drug-likeness (QED) is 0.347. The van der Waals surface area contributed by atoms with Crippen molar-refractivity contribution in [3.8, 4) is 0 Å². The maximum atomic E-state index is 12.6. The Balaban J connectivity index is 2.03. The molecule has 3 nitrogen and oxygen atoms in total. The van der Waals surface area contributed by atoms with Crippen molar-refractivity contribution >= 4 is 57.6 Å². The van der Waals surface area contributed by atoms with Crippen LogP contribution < -0.4 is 4.90 Å². The molecule has 0 saturated carbocycles. The molecule has 1 amide bonds. The molecule has 0 aromatic heterocycles. The molecule has 3 rings (SSSR count). The number of hydrogen-bond acceptors (Lipinski definition) is 4. The number of thiocarbonyl (C=S) groups is 1. The Morgan fingerprint density at radius 2 is 2.15 bits per heavy atom.